The number of hydrazone groups is 1. The molecule has 160 valence electrons. The number of benzene rings is 2. The second kappa shape index (κ2) is 10.6. The molecule has 0 saturated heterocycles. The second-order valence-corrected chi connectivity index (χ2v) is 7.69. The number of phenols is 1. The quantitative estimate of drug-likeness (QED) is 0.237. The van der Waals surface area contributed by atoms with Gasteiger partial charge in [0.15, 0.2) is 16.7 Å². The van der Waals surface area contributed by atoms with Gasteiger partial charge in [-0.2, -0.15) is 5.10 Å². The topological polar surface area (TPSA) is 96.7 Å². The summed E-state index contributed by atoms with van der Waals surface area (Å²) in [5, 5.41) is 14.8. The Morgan fingerprint density at radius 3 is 2.55 bits per heavy atom. The first-order valence-corrected chi connectivity index (χ1v) is 10.8. The molecule has 0 spiro atoms. The molecule has 0 bridgehead atoms. The summed E-state index contributed by atoms with van der Waals surface area (Å²) in [7, 11) is 0. The number of phenolic OH excluding ortho intramolecular Hbond substituents is 1. The Morgan fingerprint density at radius 1 is 1.16 bits per heavy atom. The molecule has 0 saturated carbocycles. The molecule has 0 aliphatic heterocycles. The van der Waals surface area contributed by atoms with Crippen LogP contribution in [0.25, 0.3) is 0 Å². The Labute approximate surface area is 185 Å². The van der Waals surface area contributed by atoms with E-state index in [1.54, 1.807) is 42.1 Å². The van der Waals surface area contributed by atoms with Crippen LogP contribution in [0.3, 0.4) is 0 Å². The third-order valence-corrected chi connectivity index (χ3v) is 5.16. The van der Waals surface area contributed by atoms with Crippen molar-refractivity contribution < 1.29 is 14.6 Å². The SMILES string of the molecule is CCOc1cccc(/C=N\NC(=O)c2ccc(CSc3nc(C)cc(C)n3)cc2)c1O. The third-order valence-electron chi connectivity index (χ3n) is 4.25. The van der Waals surface area contributed by atoms with Gasteiger partial charge in [0.1, 0.15) is 0 Å². The first-order chi connectivity index (χ1) is 15.0. The summed E-state index contributed by atoms with van der Waals surface area (Å²) < 4.78 is 5.34. The zero-order valence-corrected chi connectivity index (χ0v) is 18.4. The highest BCUT2D eigenvalue weighted by atomic mass is 32.2. The third kappa shape index (κ3) is 6.29. The number of thioether (sulfide) groups is 1. The Kier molecular flexibility index (Phi) is 7.61. The summed E-state index contributed by atoms with van der Waals surface area (Å²) in [5.41, 5.74) is 6.36. The molecular formula is C23H24N4O3S. The number of aromatic nitrogens is 2. The molecular weight excluding hydrogens is 412 g/mol. The maximum atomic E-state index is 12.3. The summed E-state index contributed by atoms with van der Waals surface area (Å²) in [6, 6.07) is 14.3. The molecule has 0 atom stereocenters. The standard InChI is InChI=1S/C23H24N4O3S/c1-4-30-20-7-5-6-19(21(20)28)13-24-27-22(29)18-10-8-17(9-11-18)14-31-23-25-15(2)12-16(3)26-23/h5-13,28H,4,14H2,1-3H3,(H,27,29)/b24-13-. The maximum Gasteiger partial charge on any atom is 0.271 e. The molecule has 8 heteroatoms. The molecule has 0 unspecified atom stereocenters. The minimum Gasteiger partial charge on any atom is -0.504 e. The Hall–Kier alpha value is -3.39. The highest BCUT2D eigenvalue weighted by Gasteiger charge is 2.08. The van der Waals surface area contributed by atoms with E-state index in [0.717, 1.165) is 22.1 Å². The van der Waals surface area contributed by atoms with Crippen LogP contribution >= 0.6 is 11.8 Å². The minimum atomic E-state index is -0.339. The van der Waals surface area contributed by atoms with Gasteiger partial charge in [0.05, 0.1) is 12.8 Å². The van der Waals surface area contributed by atoms with E-state index >= 15 is 0 Å². The average molecular weight is 437 g/mol. The first-order valence-electron chi connectivity index (χ1n) is 9.78. The fourth-order valence-electron chi connectivity index (χ4n) is 2.80. The number of aromatic hydroxyl groups is 1. The molecule has 2 aromatic carbocycles. The number of hydrogen-bond acceptors (Lipinski definition) is 7. The van der Waals surface area contributed by atoms with Gasteiger partial charge < -0.3 is 9.84 Å². The number of nitrogens with one attached hydrogen (secondary N) is 1. The van der Waals surface area contributed by atoms with Crippen molar-refractivity contribution in [3.05, 3.63) is 76.6 Å². The molecule has 0 aliphatic carbocycles. The molecule has 1 amide bonds. The molecule has 0 radical (unpaired) electrons. The van der Waals surface area contributed by atoms with Crippen molar-refractivity contribution in [2.45, 2.75) is 31.7 Å². The van der Waals surface area contributed by atoms with E-state index in [1.165, 1.54) is 6.21 Å². The van der Waals surface area contributed by atoms with Gasteiger partial charge in [0, 0.05) is 28.3 Å². The zero-order chi connectivity index (χ0) is 22.2. The molecule has 1 aromatic heterocycles. The molecule has 3 rings (SSSR count). The number of aryl methyl sites for hydroxylation is 2. The van der Waals surface area contributed by atoms with Gasteiger partial charge in [0.2, 0.25) is 0 Å². The normalized spacial score (nSPS) is 10.9. The molecule has 7 nitrogen and oxygen atoms in total. The van der Waals surface area contributed by atoms with E-state index < -0.39 is 0 Å². The highest BCUT2D eigenvalue weighted by molar-refractivity contribution is 7.98. The Balaban J connectivity index is 1.56. The van der Waals surface area contributed by atoms with E-state index in [0.29, 0.717) is 29.2 Å². The lowest BCUT2D eigenvalue weighted by Gasteiger charge is -2.07. The lowest BCUT2D eigenvalue weighted by Crippen LogP contribution is -2.17. The molecule has 3 aromatic rings. The molecule has 1 heterocycles. The van der Waals surface area contributed by atoms with Gasteiger partial charge in [-0.3, -0.25) is 4.79 Å². The van der Waals surface area contributed by atoms with Crippen LogP contribution < -0.4 is 10.2 Å². The van der Waals surface area contributed by atoms with Crippen LogP contribution in [-0.2, 0) is 5.75 Å². The van der Waals surface area contributed by atoms with E-state index in [-0.39, 0.29) is 11.7 Å². The van der Waals surface area contributed by atoms with Crippen LogP contribution in [-0.4, -0.2) is 33.8 Å². The van der Waals surface area contributed by atoms with Crippen molar-refractivity contribution in [3.8, 4) is 11.5 Å². The van der Waals surface area contributed by atoms with Gasteiger partial charge in [0.25, 0.3) is 5.91 Å². The summed E-state index contributed by atoms with van der Waals surface area (Å²) in [5.74, 6) is 0.723. The number of rotatable bonds is 8. The number of ether oxygens (including phenoxy) is 1. The predicted molar refractivity (Wildman–Crippen MR) is 122 cm³/mol. The van der Waals surface area contributed by atoms with E-state index in [2.05, 4.69) is 20.5 Å². The van der Waals surface area contributed by atoms with Gasteiger partial charge in [-0.15, -0.1) is 0 Å². The van der Waals surface area contributed by atoms with Crippen LogP contribution in [0.2, 0.25) is 0 Å². The van der Waals surface area contributed by atoms with Crippen LogP contribution in [0.4, 0.5) is 0 Å². The smallest absolute Gasteiger partial charge is 0.271 e. The highest BCUT2D eigenvalue weighted by Crippen LogP contribution is 2.28. The lowest BCUT2D eigenvalue weighted by molar-refractivity contribution is 0.0955. The van der Waals surface area contributed by atoms with Crippen LogP contribution in [0, 0.1) is 13.8 Å². The van der Waals surface area contributed by atoms with Crippen molar-refractivity contribution >= 4 is 23.9 Å². The number of nitrogens with zero attached hydrogens (tertiary/aromatic N) is 3. The minimum absolute atomic E-state index is 0.0167. The molecule has 0 fully saturated rings. The summed E-state index contributed by atoms with van der Waals surface area (Å²) in [6.07, 6.45) is 1.38. The summed E-state index contributed by atoms with van der Waals surface area (Å²) >= 11 is 1.55. The predicted octanol–water partition coefficient (Wildman–Crippen LogP) is 4.25. The van der Waals surface area contributed by atoms with Crippen LogP contribution in [0.1, 0.15) is 39.8 Å². The number of hydrogen-bond donors (Lipinski definition) is 2. The van der Waals surface area contributed by atoms with Crippen molar-refractivity contribution in [3.63, 3.8) is 0 Å². The average Bonchev–Trinajstić information content (AvgIpc) is 2.74. The zero-order valence-electron chi connectivity index (χ0n) is 17.6. The van der Waals surface area contributed by atoms with Crippen molar-refractivity contribution in [1.29, 1.82) is 0 Å². The van der Waals surface area contributed by atoms with Gasteiger partial charge in [-0.1, -0.05) is 30.0 Å². The Bertz CT molecular complexity index is 1060. The molecule has 31 heavy (non-hydrogen) atoms. The van der Waals surface area contributed by atoms with E-state index in [1.807, 2.05) is 39.0 Å². The first kappa shape index (κ1) is 22.3. The second-order valence-electron chi connectivity index (χ2n) is 6.75. The fourth-order valence-corrected chi connectivity index (χ4v) is 3.70. The summed E-state index contributed by atoms with van der Waals surface area (Å²) in [6.45, 7) is 6.18. The van der Waals surface area contributed by atoms with Crippen molar-refractivity contribution in [2.24, 2.45) is 5.10 Å². The monoisotopic (exact) mass is 436 g/mol. The summed E-state index contributed by atoms with van der Waals surface area (Å²) in [4.78, 5) is 21.2. The number of carbonyl (C=O) groups is 1. The molecule has 0 aliphatic rings. The van der Waals surface area contributed by atoms with Crippen molar-refractivity contribution in [1.82, 2.24) is 15.4 Å². The largest absolute Gasteiger partial charge is 0.504 e. The maximum absolute atomic E-state index is 12.3. The number of para-hydroxylation sites is 1. The number of amides is 1. The van der Waals surface area contributed by atoms with Crippen molar-refractivity contribution in [2.75, 3.05) is 6.61 Å². The van der Waals surface area contributed by atoms with E-state index in [9.17, 15) is 9.90 Å². The number of carbonyl (C=O) groups excluding carboxylic acids is 1. The van der Waals surface area contributed by atoms with Gasteiger partial charge in [-0.05, 0) is 56.7 Å². The lowest BCUT2D eigenvalue weighted by atomic mass is 10.1. The van der Waals surface area contributed by atoms with Gasteiger partial charge >= 0.3 is 0 Å². The van der Waals surface area contributed by atoms with E-state index in [4.69, 9.17) is 4.74 Å². The van der Waals surface area contributed by atoms with Gasteiger partial charge in [-0.25, -0.2) is 15.4 Å². The molecule has 2 N–H and O–H groups in total. The van der Waals surface area contributed by atoms with Crippen LogP contribution in [0.5, 0.6) is 11.5 Å². The Morgan fingerprint density at radius 2 is 1.87 bits per heavy atom. The van der Waals surface area contributed by atoms with Crippen LogP contribution in [0.15, 0.2) is 58.8 Å². The fraction of sp³-hybridized carbons (Fsp3) is 0.217.